The van der Waals surface area contributed by atoms with Crippen LogP contribution < -0.4 is 10.4 Å². The molecule has 0 amide bonds. The summed E-state index contributed by atoms with van der Waals surface area (Å²) in [6.07, 6.45) is 4.71. The van der Waals surface area contributed by atoms with Gasteiger partial charge in [0.25, 0.3) is 0 Å². The van der Waals surface area contributed by atoms with E-state index in [2.05, 4.69) is 107 Å². The van der Waals surface area contributed by atoms with Crippen LogP contribution >= 0.6 is 0 Å². The number of hydrogen-bond acceptors (Lipinski definition) is 0. The molecule has 1 heteroatoms. The van der Waals surface area contributed by atoms with E-state index in [0.717, 1.165) is 12.8 Å². The molecule has 0 nitrogen and oxygen atoms in total. The first-order valence-corrected chi connectivity index (χ1v) is 12.7. The summed E-state index contributed by atoms with van der Waals surface area (Å²) in [5, 5.41) is 4.77. The van der Waals surface area contributed by atoms with E-state index in [0.29, 0.717) is 0 Å². The second-order valence-electron chi connectivity index (χ2n) is 9.14. The largest absolute Gasteiger partial charge is 0.128 e. The molecule has 30 heavy (non-hydrogen) atoms. The normalized spacial score (nSPS) is 13.9. The van der Waals surface area contributed by atoms with Gasteiger partial charge in [-0.05, 0) is 58.6 Å². The number of allylic oxidation sites excluding steroid dienone is 4. The first kappa shape index (κ1) is 20.6. The topological polar surface area (TPSA) is 0 Å². The van der Waals surface area contributed by atoms with Crippen molar-refractivity contribution in [2.45, 2.75) is 47.5 Å². The van der Waals surface area contributed by atoms with E-state index in [1.54, 1.807) is 21.1 Å². The Labute approximate surface area is 183 Å². The second-order valence-corrected chi connectivity index (χ2v) is 12.1. The lowest BCUT2D eigenvalue weighted by molar-refractivity contribution is 1.13. The molecule has 0 aliphatic heterocycles. The van der Waals surface area contributed by atoms with Crippen molar-refractivity contribution in [2.75, 3.05) is 0 Å². The maximum atomic E-state index is 2.55. The Balaban J connectivity index is 1.77. The Morgan fingerprint density at radius 2 is 1.17 bits per heavy atom. The number of benzene rings is 3. The molecule has 0 saturated heterocycles. The Bertz CT molecular complexity index is 1040. The van der Waals surface area contributed by atoms with Crippen LogP contribution in [0.4, 0.5) is 0 Å². The van der Waals surface area contributed by atoms with E-state index in [9.17, 15) is 0 Å². The molecule has 0 N–H and O–H groups in total. The fourth-order valence-electron chi connectivity index (χ4n) is 4.99. The van der Waals surface area contributed by atoms with E-state index < -0.39 is 8.80 Å². The number of aryl methyl sites for hydroxylation is 4. The molecule has 0 heterocycles. The molecular formula is C29H32Si. The third-order valence-electron chi connectivity index (χ3n) is 6.14. The van der Waals surface area contributed by atoms with Crippen LogP contribution in [0.25, 0.3) is 0 Å². The van der Waals surface area contributed by atoms with Gasteiger partial charge in [0.1, 0.15) is 8.80 Å². The molecule has 3 aromatic carbocycles. The molecule has 152 valence electrons. The molecule has 3 aromatic rings. The van der Waals surface area contributed by atoms with Crippen molar-refractivity contribution < 1.29 is 0 Å². The molecule has 0 unspecified atom stereocenters. The van der Waals surface area contributed by atoms with Crippen LogP contribution in [0.3, 0.4) is 0 Å². The van der Waals surface area contributed by atoms with Crippen LogP contribution in [0.5, 0.6) is 0 Å². The predicted octanol–water partition coefficient (Wildman–Crippen LogP) is 5.69. The maximum Gasteiger partial charge on any atom is 0.128 e. The van der Waals surface area contributed by atoms with Crippen LogP contribution in [0.15, 0.2) is 89.1 Å². The SMILES string of the molecule is CC1=C(Cc2ccccc2)C=C([SiH](c2cc(C)cc(C)c2)c2cc(C)cc(C)c2)C1. The average Bonchev–Trinajstić information content (AvgIpc) is 3.01. The lowest BCUT2D eigenvalue weighted by Crippen LogP contribution is -2.44. The third kappa shape index (κ3) is 4.57. The summed E-state index contributed by atoms with van der Waals surface area (Å²) in [4.78, 5) is 0. The first-order valence-electron chi connectivity index (χ1n) is 11.0. The van der Waals surface area contributed by atoms with Gasteiger partial charge in [0.2, 0.25) is 0 Å². The van der Waals surface area contributed by atoms with Gasteiger partial charge in [0.15, 0.2) is 0 Å². The fourth-order valence-corrected chi connectivity index (χ4v) is 8.83. The van der Waals surface area contributed by atoms with Crippen molar-refractivity contribution in [3.63, 3.8) is 0 Å². The van der Waals surface area contributed by atoms with Gasteiger partial charge in [-0.3, -0.25) is 0 Å². The van der Waals surface area contributed by atoms with Crippen LogP contribution in [0.2, 0.25) is 0 Å². The van der Waals surface area contributed by atoms with Crippen LogP contribution in [0.1, 0.15) is 41.2 Å². The van der Waals surface area contributed by atoms with Gasteiger partial charge < -0.3 is 0 Å². The molecular weight excluding hydrogens is 376 g/mol. The van der Waals surface area contributed by atoms with E-state index in [-0.39, 0.29) is 0 Å². The second kappa shape index (κ2) is 8.61. The van der Waals surface area contributed by atoms with Crippen molar-refractivity contribution in [2.24, 2.45) is 0 Å². The van der Waals surface area contributed by atoms with Gasteiger partial charge >= 0.3 is 0 Å². The highest BCUT2D eigenvalue weighted by atomic mass is 28.3. The summed E-state index contributed by atoms with van der Waals surface area (Å²) in [7, 11) is -1.48. The number of rotatable bonds is 5. The van der Waals surface area contributed by atoms with Crippen molar-refractivity contribution >= 4 is 19.2 Å². The molecule has 1 aliphatic rings. The number of hydrogen-bond donors (Lipinski definition) is 0. The Kier molecular flexibility index (Phi) is 5.92. The molecule has 0 aromatic heterocycles. The fraction of sp³-hybridized carbons (Fsp3) is 0.241. The monoisotopic (exact) mass is 408 g/mol. The average molecular weight is 409 g/mol. The van der Waals surface area contributed by atoms with E-state index in [4.69, 9.17) is 0 Å². The lowest BCUT2D eigenvalue weighted by atomic mass is 10.0. The summed E-state index contributed by atoms with van der Waals surface area (Å²) >= 11 is 0. The van der Waals surface area contributed by atoms with Crippen LogP contribution in [-0.2, 0) is 6.42 Å². The van der Waals surface area contributed by atoms with Gasteiger partial charge in [-0.1, -0.05) is 116 Å². The van der Waals surface area contributed by atoms with Gasteiger partial charge in [-0.2, -0.15) is 0 Å². The molecule has 4 rings (SSSR count). The Morgan fingerprint density at radius 1 is 0.667 bits per heavy atom. The quantitative estimate of drug-likeness (QED) is 0.476. The lowest BCUT2D eigenvalue weighted by Gasteiger charge is -2.21. The maximum absolute atomic E-state index is 2.55. The highest BCUT2D eigenvalue weighted by molar-refractivity contribution is 6.91. The molecule has 1 aliphatic carbocycles. The van der Waals surface area contributed by atoms with Crippen molar-refractivity contribution in [3.05, 3.63) is 117 Å². The van der Waals surface area contributed by atoms with Crippen molar-refractivity contribution in [1.29, 1.82) is 0 Å². The Morgan fingerprint density at radius 3 is 1.67 bits per heavy atom. The van der Waals surface area contributed by atoms with Gasteiger partial charge in [0, 0.05) is 0 Å². The molecule has 0 saturated carbocycles. The summed E-state index contributed by atoms with van der Waals surface area (Å²) < 4.78 is 0. The summed E-state index contributed by atoms with van der Waals surface area (Å²) in [6.45, 7) is 11.3. The van der Waals surface area contributed by atoms with Gasteiger partial charge in [-0.15, -0.1) is 0 Å². The summed E-state index contributed by atoms with van der Waals surface area (Å²) in [5.74, 6) is 0. The highest BCUT2D eigenvalue weighted by Crippen LogP contribution is 2.29. The van der Waals surface area contributed by atoms with Gasteiger partial charge in [-0.25, -0.2) is 0 Å². The molecule has 0 bridgehead atoms. The van der Waals surface area contributed by atoms with Crippen molar-refractivity contribution in [1.82, 2.24) is 0 Å². The minimum atomic E-state index is -1.48. The zero-order chi connectivity index (χ0) is 21.3. The van der Waals surface area contributed by atoms with Crippen LogP contribution in [-0.4, -0.2) is 8.80 Å². The molecule has 0 atom stereocenters. The highest BCUT2D eigenvalue weighted by Gasteiger charge is 2.26. The third-order valence-corrected chi connectivity index (χ3v) is 9.25. The summed E-state index contributed by atoms with van der Waals surface area (Å²) in [6, 6.07) is 25.2. The minimum absolute atomic E-state index is 1.04. The molecule has 0 fully saturated rings. The standard InChI is InChI=1S/C29H32Si/c1-20-11-21(2)14-27(13-20)30(28-15-22(3)12-23(4)16-28)29-17-24(5)26(19-29)18-25-9-7-6-8-10-25/h6-16,19,30H,17-18H2,1-5H3. The zero-order valence-electron chi connectivity index (χ0n) is 18.9. The minimum Gasteiger partial charge on any atom is -0.0700 e. The predicted molar refractivity (Wildman–Crippen MR) is 134 cm³/mol. The van der Waals surface area contributed by atoms with E-state index in [1.165, 1.54) is 33.4 Å². The zero-order valence-corrected chi connectivity index (χ0v) is 20.1. The first-order chi connectivity index (χ1) is 14.4. The Hall–Kier alpha value is -2.64. The van der Waals surface area contributed by atoms with Crippen molar-refractivity contribution in [3.8, 4) is 0 Å². The molecule has 0 radical (unpaired) electrons. The summed E-state index contributed by atoms with van der Waals surface area (Å²) in [5.41, 5.74) is 9.96. The smallest absolute Gasteiger partial charge is 0.0700 e. The van der Waals surface area contributed by atoms with Gasteiger partial charge in [0.05, 0.1) is 0 Å². The molecule has 0 spiro atoms. The van der Waals surface area contributed by atoms with Crippen LogP contribution in [0, 0.1) is 27.7 Å². The van der Waals surface area contributed by atoms with E-state index >= 15 is 0 Å². The van der Waals surface area contributed by atoms with E-state index in [1.807, 2.05) is 0 Å².